The lowest BCUT2D eigenvalue weighted by molar-refractivity contribution is -0.274. The number of fused-ring (bicyclic) bond motifs is 2. The Morgan fingerprint density at radius 3 is 2.78 bits per heavy atom. The zero-order chi connectivity index (χ0) is 16.6. The number of hydrogen-bond acceptors (Lipinski definition) is 3. The van der Waals surface area contributed by atoms with Crippen molar-refractivity contribution in [2.24, 2.45) is 5.92 Å². The molecule has 3 rings (SSSR count). The molecule has 3 atom stereocenters. The van der Waals surface area contributed by atoms with Crippen molar-refractivity contribution >= 4 is 5.91 Å². The van der Waals surface area contributed by atoms with Gasteiger partial charge in [0.05, 0.1) is 18.1 Å². The van der Waals surface area contributed by atoms with Crippen molar-refractivity contribution in [3.05, 3.63) is 29.8 Å². The van der Waals surface area contributed by atoms with Crippen LogP contribution in [0.15, 0.2) is 24.3 Å². The highest BCUT2D eigenvalue weighted by Gasteiger charge is 2.45. The summed E-state index contributed by atoms with van der Waals surface area (Å²) in [5.41, 5.74) is 0.590. The van der Waals surface area contributed by atoms with Crippen LogP contribution in [0.1, 0.15) is 24.8 Å². The molecule has 4 nitrogen and oxygen atoms in total. The van der Waals surface area contributed by atoms with Gasteiger partial charge in [-0.15, -0.1) is 13.2 Å². The molecular weight excluding hydrogens is 311 g/mol. The number of hydrogen-bond donors (Lipinski definition) is 0. The molecule has 0 N–H and O–H groups in total. The van der Waals surface area contributed by atoms with Crippen molar-refractivity contribution in [3.8, 4) is 5.75 Å². The Labute approximate surface area is 132 Å². The lowest BCUT2D eigenvalue weighted by Gasteiger charge is -2.25. The summed E-state index contributed by atoms with van der Waals surface area (Å²) in [6.45, 7) is 0.238. The molecule has 23 heavy (non-hydrogen) atoms. The van der Waals surface area contributed by atoms with E-state index in [1.165, 1.54) is 18.2 Å². The van der Waals surface area contributed by atoms with Gasteiger partial charge in [-0.25, -0.2) is 0 Å². The van der Waals surface area contributed by atoms with Gasteiger partial charge in [-0.3, -0.25) is 4.79 Å². The SMILES string of the molecule is CN(Cc1cccc(OC(F)(F)F)c1)C(=O)C1CC2CCC1O2. The highest BCUT2D eigenvalue weighted by molar-refractivity contribution is 5.79. The molecule has 1 amide bonds. The summed E-state index contributed by atoms with van der Waals surface area (Å²) in [5, 5.41) is 0. The van der Waals surface area contributed by atoms with Crippen molar-refractivity contribution in [1.82, 2.24) is 4.90 Å². The predicted molar refractivity (Wildman–Crippen MR) is 75.6 cm³/mol. The van der Waals surface area contributed by atoms with E-state index in [1.807, 2.05) is 0 Å². The molecular formula is C16H18F3NO3. The van der Waals surface area contributed by atoms with Gasteiger partial charge in [0.2, 0.25) is 5.91 Å². The molecule has 2 aliphatic heterocycles. The summed E-state index contributed by atoms with van der Waals surface area (Å²) in [4.78, 5) is 14.0. The molecule has 3 unspecified atom stereocenters. The second-order valence-corrected chi connectivity index (χ2v) is 6.11. The van der Waals surface area contributed by atoms with Crippen LogP contribution in [-0.2, 0) is 16.1 Å². The Morgan fingerprint density at radius 1 is 1.39 bits per heavy atom. The van der Waals surface area contributed by atoms with Crippen molar-refractivity contribution in [2.75, 3.05) is 7.05 Å². The zero-order valence-corrected chi connectivity index (χ0v) is 12.7. The number of nitrogens with zero attached hydrogens (tertiary/aromatic N) is 1. The minimum Gasteiger partial charge on any atom is -0.406 e. The van der Waals surface area contributed by atoms with Crippen LogP contribution in [0.5, 0.6) is 5.75 Å². The number of amides is 1. The number of alkyl halides is 3. The van der Waals surface area contributed by atoms with E-state index >= 15 is 0 Å². The van der Waals surface area contributed by atoms with E-state index in [2.05, 4.69) is 4.74 Å². The normalized spacial score (nSPS) is 26.3. The molecule has 2 saturated heterocycles. The fourth-order valence-electron chi connectivity index (χ4n) is 3.37. The number of carbonyl (C=O) groups is 1. The van der Waals surface area contributed by atoms with E-state index in [4.69, 9.17) is 4.74 Å². The van der Waals surface area contributed by atoms with Gasteiger partial charge < -0.3 is 14.4 Å². The maximum absolute atomic E-state index is 12.5. The monoisotopic (exact) mass is 329 g/mol. The summed E-state index contributed by atoms with van der Waals surface area (Å²) < 4.78 is 46.3. The first-order valence-electron chi connectivity index (χ1n) is 7.57. The number of benzene rings is 1. The quantitative estimate of drug-likeness (QED) is 0.852. The van der Waals surface area contributed by atoms with Gasteiger partial charge in [-0.2, -0.15) is 0 Å². The van der Waals surface area contributed by atoms with Crippen LogP contribution in [0.2, 0.25) is 0 Å². The van der Waals surface area contributed by atoms with Crippen LogP contribution >= 0.6 is 0 Å². The van der Waals surface area contributed by atoms with Gasteiger partial charge in [0.1, 0.15) is 5.75 Å². The Bertz CT molecular complexity index is 590. The third-order valence-corrected chi connectivity index (χ3v) is 4.35. The average molecular weight is 329 g/mol. The van der Waals surface area contributed by atoms with Gasteiger partial charge in [-0.1, -0.05) is 12.1 Å². The Balaban J connectivity index is 1.62. The fourth-order valence-corrected chi connectivity index (χ4v) is 3.37. The van der Waals surface area contributed by atoms with Gasteiger partial charge in [-0.05, 0) is 37.0 Å². The molecule has 1 aromatic carbocycles. The Kier molecular flexibility index (Phi) is 4.23. The molecule has 2 aliphatic rings. The Morgan fingerprint density at radius 2 is 2.17 bits per heavy atom. The first kappa shape index (κ1) is 16.1. The first-order valence-corrected chi connectivity index (χ1v) is 7.57. The van der Waals surface area contributed by atoms with Crippen LogP contribution in [0, 0.1) is 5.92 Å². The van der Waals surface area contributed by atoms with E-state index < -0.39 is 6.36 Å². The lowest BCUT2D eigenvalue weighted by atomic mass is 9.88. The molecule has 0 saturated carbocycles. The van der Waals surface area contributed by atoms with Crippen LogP contribution < -0.4 is 4.74 Å². The number of halogens is 3. The molecule has 0 radical (unpaired) electrons. The third-order valence-electron chi connectivity index (χ3n) is 4.35. The third kappa shape index (κ3) is 3.77. The maximum Gasteiger partial charge on any atom is 0.573 e. The van der Waals surface area contributed by atoms with Gasteiger partial charge in [0, 0.05) is 13.6 Å². The van der Waals surface area contributed by atoms with Crippen LogP contribution in [0.25, 0.3) is 0 Å². The largest absolute Gasteiger partial charge is 0.573 e. The smallest absolute Gasteiger partial charge is 0.406 e. The fraction of sp³-hybridized carbons (Fsp3) is 0.562. The van der Waals surface area contributed by atoms with E-state index in [9.17, 15) is 18.0 Å². The Hall–Kier alpha value is -1.76. The second-order valence-electron chi connectivity index (χ2n) is 6.11. The lowest BCUT2D eigenvalue weighted by Crippen LogP contribution is -2.37. The van der Waals surface area contributed by atoms with E-state index in [1.54, 1.807) is 18.0 Å². The zero-order valence-electron chi connectivity index (χ0n) is 12.7. The molecule has 7 heteroatoms. The molecule has 1 aromatic rings. The minimum absolute atomic E-state index is 0.00477. The summed E-state index contributed by atoms with van der Waals surface area (Å²) in [5.74, 6) is -0.424. The van der Waals surface area contributed by atoms with Crippen LogP contribution in [0.4, 0.5) is 13.2 Å². The molecule has 2 fully saturated rings. The van der Waals surface area contributed by atoms with Crippen molar-refractivity contribution in [2.45, 2.75) is 44.4 Å². The second kappa shape index (κ2) is 6.03. The van der Waals surface area contributed by atoms with Gasteiger partial charge in [0.15, 0.2) is 0 Å². The molecule has 0 aromatic heterocycles. The van der Waals surface area contributed by atoms with Crippen molar-refractivity contribution in [3.63, 3.8) is 0 Å². The summed E-state index contributed by atoms with van der Waals surface area (Å²) in [7, 11) is 1.66. The molecule has 126 valence electrons. The van der Waals surface area contributed by atoms with Crippen LogP contribution in [0.3, 0.4) is 0 Å². The molecule has 2 heterocycles. The summed E-state index contributed by atoms with van der Waals surface area (Å²) in [6.07, 6.45) is -1.88. The van der Waals surface area contributed by atoms with E-state index in [0.717, 1.165) is 19.3 Å². The molecule has 0 spiro atoms. The summed E-state index contributed by atoms with van der Waals surface area (Å²) >= 11 is 0. The van der Waals surface area contributed by atoms with E-state index in [-0.39, 0.29) is 36.3 Å². The van der Waals surface area contributed by atoms with Crippen molar-refractivity contribution < 1.29 is 27.4 Å². The number of rotatable bonds is 4. The van der Waals surface area contributed by atoms with Crippen molar-refractivity contribution in [1.29, 1.82) is 0 Å². The first-order chi connectivity index (χ1) is 10.8. The van der Waals surface area contributed by atoms with E-state index in [0.29, 0.717) is 5.56 Å². The number of carbonyl (C=O) groups excluding carboxylic acids is 1. The topological polar surface area (TPSA) is 38.8 Å². The minimum atomic E-state index is -4.72. The summed E-state index contributed by atoms with van der Waals surface area (Å²) in [6, 6.07) is 5.69. The molecule has 0 aliphatic carbocycles. The molecule has 2 bridgehead atoms. The standard InChI is InChI=1S/C16H18F3NO3/c1-20(15(21)13-8-11-5-6-14(13)22-11)9-10-3-2-4-12(7-10)23-16(17,18)19/h2-4,7,11,13-14H,5-6,8-9H2,1H3. The highest BCUT2D eigenvalue weighted by atomic mass is 19.4. The van der Waals surface area contributed by atoms with Gasteiger partial charge in [0.25, 0.3) is 0 Å². The number of ether oxygens (including phenoxy) is 2. The predicted octanol–water partition coefficient (Wildman–Crippen LogP) is 3.11. The maximum atomic E-state index is 12.5. The highest BCUT2D eigenvalue weighted by Crippen LogP contribution is 2.39. The van der Waals surface area contributed by atoms with Gasteiger partial charge >= 0.3 is 6.36 Å². The average Bonchev–Trinajstić information content (AvgIpc) is 3.07. The van der Waals surface area contributed by atoms with Crippen LogP contribution in [-0.4, -0.2) is 36.4 Å².